The van der Waals surface area contributed by atoms with Crippen LogP contribution >= 0.6 is 11.3 Å². The van der Waals surface area contributed by atoms with Crippen LogP contribution in [0.1, 0.15) is 29.3 Å². The maximum atomic E-state index is 15.1. The Labute approximate surface area is 199 Å². The number of H-pyrrole nitrogens is 1. The number of aromatic amines is 1. The van der Waals surface area contributed by atoms with Gasteiger partial charge in [0.05, 0.1) is 27.0 Å². The highest BCUT2D eigenvalue weighted by Crippen LogP contribution is 2.31. The van der Waals surface area contributed by atoms with Crippen LogP contribution in [0.5, 0.6) is 0 Å². The van der Waals surface area contributed by atoms with Gasteiger partial charge in [0.15, 0.2) is 5.82 Å². The van der Waals surface area contributed by atoms with Crippen molar-refractivity contribution in [3.63, 3.8) is 0 Å². The topological polar surface area (TPSA) is 87.7 Å². The van der Waals surface area contributed by atoms with E-state index in [-0.39, 0.29) is 11.3 Å². The van der Waals surface area contributed by atoms with Gasteiger partial charge in [0.25, 0.3) is 0 Å². The molecule has 0 fully saturated rings. The van der Waals surface area contributed by atoms with Gasteiger partial charge in [-0.05, 0) is 42.3 Å². The van der Waals surface area contributed by atoms with Crippen molar-refractivity contribution in [3.05, 3.63) is 77.1 Å². The Morgan fingerprint density at radius 1 is 1.15 bits per heavy atom. The first-order valence-electron chi connectivity index (χ1n) is 10.4. The molecule has 3 heterocycles. The molecule has 1 atom stereocenters. The predicted octanol–water partition coefficient (Wildman–Crippen LogP) is 5.83. The van der Waals surface area contributed by atoms with E-state index in [4.69, 9.17) is 0 Å². The Morgan fingerprint density at radius 3 is 2.82 bits per heavy atom. The van der Waals surface area contributed by atoms with Crippen LogP contribution in [-0.2, 0) is 11.0 Å². The molecule has 0 saturated carbocycles. The Kier molecular flexibility index (Phi) is 5.93. The number of pyridine rings is 1. The Hall–Kier alpha value is -3.50. The number of thiazole rings is 1. The molecule has 0 aliphatic rings. The molecule has 0 aliphatic heterocycles. The van der Waals surface area contributed by atoms with Gasteiger partial charge in [-0.2, -0.15) is 0 Å². The summed E-state index contributed by atoms with van der Waals surface area (Å²) in [6.07, 6.45) is 3.67. The van der Waals surface area contributed by atoms with Gasteiger partial charge in [0.1, 0.15) is 22.5 Å². The van der Waals surface area contributed by atoms with Crippen LogP contribution in [0.25, 0.3) is 32.4 Å². The second kappa shape index (κ2) is 9.03. The zero-order chi connectivity index (χ0) is 23.8. The van der Waals surface area contributed by atoms with E-state index in [0.717, 1.165) is 33.5 Å². The number of hydrogen-bond donors (Lipinski definition) is 2. The highest BCUT2D eigenvalue weighted by atomic mass is 32.2. The van der Waals surface area contributed by atoms with E-state index in [1.165, 1.54) is 17.5 Å². The van der Waals surface area contributed by atoms with Gasteiger partial charge in [-0.3, -0.25) is 4.79 Å². The van der Waals surface area contributed by atoms with Crippen molar-refractivity contribution in [2.45, 2.75) is 13.3 Å². The van der Waals surface area contributed by atoms with Crippen LogP contribution < -0.4 is 4.72 Å². The Morgan fingerprint density at radius 2 is 2.00 bits per heavy atom. The summed E-state index contributed by atoms with van der Waals surface area (Å²) in [5, 5.41) is 0.438. The van der Waals surface area contributed by atoms with E-state index in [0.29, 0.717) is 23.2 Å². The van der Waals surface area contributed by atoms with Gasteiger partial charge in [0, 0.05) is 34.7 Å². The van der Waals surface area contributed by atoms with Gasteiger partial charge in [-0.15, -0.1) is 11.3 Å². The number of carbonyl (C=O) groups excluding carboxylic acids is 1. The molecule has 0 bridgehead atoms. The summed E-state index contributed by atoms with van der Waals surface area (Å²) in [6.45, 7) is 1.84. The summed E-state index contributed by atoms with van der Waals surface area (Å²) in [4.78, 5) is 24.9. The van der Waals surface area contributed by atoms with Crippen molar-refractivity contribution in [2.24, 2.45) is 0 Å². The molecule has 0 saturated heterocycles. The highest BCUT2D eigenvalue weighted by molar-refractivity contribution is 7.86. The fraction of sp³-hybridized carbons (Fsp3) is 0.125. The third-order valence-corrected chi connectivity index (χ3v) is 7.41. The first-order chi connectivity index (χ1) is 16.5. The van der Waals surface area contributed by atoms with Gasteiger partial charge in [0.2, 0.25) is 5.78 Å². The van der Waals surface area contributed by atoms with Crippen LogP contribution in [-0.4, -0.2) is 30.7 Å². The lowest BCUT2D eigenvalue weighted by molar-refractivity contribution is 0.103. The van der Waals surface area contributed by atoms with E-state index >= 15 is 4.39 Å². The van der Waals surface area contributed by atoms with Gasteiger partial charge < -0.3 is 9.71 Å². The third-order valence-electron chi connectivity index (χ3n) is 5.37. The molecule has 5 aromatic rings. The first-order valence-corrected chi connectivity index (χ1v) is 12.6. The van der Waals surface area contributed by atoms with Crippen LogP contribution in [0.4, 0.5) is 14.5 Å². The molecule has 0 radical (unpaired) electrons. The molecular weight excluding hydrogens is 478 g/mol. The number of carbonyl (C=O) groups is 1. The number of rotatable bonds is 7. The van der Waals surface area contributed by atoms with Crippen molar-refractivity contribution in [1.82, 2.24) is 15.0 Å². The summed E-state index contributed by atoms with van der Waals surface area (Å²) >= 11 is 1.54. The standard InChI is InChI=1S/C24H18F2N4O2S2/c1-2-7-34(32)30-18-5-4-17(25)21(22(18)26)23(31)16-11-28-24-15(16)8-14(10-27-24)13-3-6-20-19(9-13)29-12-33-20/h3-6,8-12,30H,2,7H2,1H3,(H,27,28). The van der Waals surface area contributed by atoms with E-state index in [9.17, 15) is 13.4 Å². The second-order valence-electron chi connectivity index (χ2n) is 7.62. The highest BCUT2D eigenvalue weighted by Gasteiger charge is 2.25. The number of benzene rings is 2. The minimum absolute atomic E-state index is 0.0868. The van der Waals surface area contributed by atoms with Crippen LogP contribution in [0.2, 0.25) is 0 Å². The van der Waals surface area contributed by atoms with Gasteiger partial charge in [-0.25, -0.2) is 23.0 Å². The number of aromatic nitrogens is 3. The van der Waals surface area contributed by atoms with E-state index < -0.39 is 34.0 Å². The van der Waals surface area contributed by atoms with Crippen molar-refractivity contribution in [1.29, 1.82) is 0 Å². The lowest BCUT2D eigenvalue weighted by Gasteiger charge is -2.10. The summed E-state index contributed by atoms with van der Waals surface area (Å²) in [5.74, 6) is -2.62. The lowest BCUT2D eigenvalue weighted by atomic mass is 10.00. The summed E-state index contributed by atoms with van der Waals surface area (Å²) in [5.41, 5.74) is 3.81. The molecular formula is C24H18F2N4O2S2. The predicted molar refractivity (Wildman–Crippen MR) is 131 cm³/mol. The minimum atomic E-state index is -1.54. The zero-order valence-electron chi connectivity index (χ0n) is 17.9. The molecule has 172 valence electrons. The summed E-state index contributed by atoms with van der Waals surface area (Å²) < 4.78 is 45.3. The summed E-state index contributed by atoms with van der Waals surface area (Å²) in [7, 11) is -1.54. The normalized spacial score (nSPS) is 12.3. The van der Waals surface area contributed by atoms with Crippen molar-refractivity contribution in [2.75, 3.05) is 10.5 Å². The average Bonchev–Trinajstić information content (AvgIpc) is 3.47. The fourth-order valence-electron chi connectivity index (χ4n) is 3.72. The molecule has 3 aromatic heterocycles. The van der Waals surface area contributed by atoms with Crippen molar-refractivity contribution < 1.29 is 17.8 Å². The maximum absolute atomic E-state index is 15.1. The zero-order valence-corrected chi connectivity index (χ0v) is 19.5. The molecule has 5 rings (SSSR count). The minimum Gasteiger partial charge on any atom is -0.345 e. The summed E-state index contributed by atoms with van der Waals surface area (Å²) in [6, 6.07) is 9.70. The smallest absolute Gasteiger partial charge is 0.201 e. The molecule has 0 aliphatic carbocycles. The Bertz CT molecular complexity index is 1580. The number of nitrogens with zero attached hydrogens (tertiary/aromatic N) is 2. The number of fused-ring (bicyclic) bond motifs is 2. The maximum Gasteiger partial charge on any atom is 0.201 e. The fourth-order valence-corrected chi connectivity index (χ4v) is 5.25. The number of hydrogen-bond acceptors (Lipinski definition) is 5. The molecule has 10 heteroatoms. The molecule has 6 nitrogen and oxygen atoms in total. The largest absolute Gasteiger partial charge is 0.345 e. The Balaban J connectivity index is 1.56. The van der Waals surface area contributed by atoms with Crippen LogP contribution in [0.15, 0.2) is 54.3 Å². The molecule has 34 heavy (non-hydrogen) atoms. The SMILES string of the molecule is CCCS(=O)Nc1ccc(F)c(C(=O)c2c[nH]c3ncc(-c4ccc5scnc5c4)cc23)c1F. The quantitative estimate of drug-likeness (QED) is 0.277. The van der Waals surface area contributed by atoms with E-state index in [2.05, 4.69) is 19.7 Å². The molecule has 0 spiro atoms. The number of anilines is 1. The third kappa shape index (κ3) is 3.99. The molecule has 2 aromatic carbocycles. The van der Waals surface area contributed by atoms with Crippen LogP contribution in [0.3, 0.4) is 0 Å². The van der Waals surface area contributed by atoms with Gasteiger partial charge >= 0.3 is 0 Å². The number of nitrogens with one attached hydrogen (secondary N) is 2. The van der Waals surface area contributed by atoms with Crippen LogP contribution in [0, 0.1) is 11.6 Å². The molecule has 1 unspecified atom stereocenters. The second-order valence-corrected chi connectivity index (χ2v) is 9.81. The van der Waals surface area contributed by atoms with Gasteiger partial charge in [-0.1, -0.05) is 13.0 Å². The van der Waals surface area contributed by atoms with E-state index in [1.807, 2.05) is 25.1 Å². The van der Waals surface area contributed by atoms with Crippen molar-refractivity contribution in [3.8, 4) is 11.1 Å². The average molecular weight is 497 g/mol. The lowest BCUT2D eigenvalue weighted by Crippen LogP contribution is -2.13. The van der Waals surface area contributed by atoms with E-state index in [1.54, 1.807) is 17.8 Å². The first kappa shape index (κ1) is 22.3. The molecule has 0 amide bonds. The number of halogens is 2. The number of ketones is 1. The van der Waals surface area contributed by atoms with Crippen molar-refractivity contribution >= 4 is 55.0 Å². The molecule has 2 N–H and O–H groups in total. The monoisotopic (exact) mass is 496 g/mol.